The molecule has 35 heavy (non-hydrogen) atoms. The van der Waals surface area contributed by atoms with Gasteiger partial charge in [0.05, 0.1) is 12.0 Å². The molecule has 0 spiro atoms. The third-order valence-electron chi connectivity index (χ3n) is 6.95. The predicted octanol–water partition coefficient (Wildman–Crippen LogP) is 4.66. The molecular weight excluding hydrogens is 448 g/mol. The Kier molecular flexibility index (Phi) is 4.59. The van der Waals surface area contributed by atoms with Crippen LogP contribution in [0.4, 0.5) is 0 Å². The normalized spacial score (nSPS) is 20.5. The van der Waals surface area contributed by atoms with Crippen molar-refractivity contribution in [1.29, 1.82) is 0 Å². The van der Waals surface area contributed by atoms with Gasteiger partial charge in [-0.1, -0.05) is 24.3 Å². The highest BCUT2D eigenvalue weighted by Crippen LogP contribution is 2.61. The topological polar surface area (TPSA) is 131 Å². The number of aromatic hydroxyl groups is 5. The van der Waals surface area contributed by atoms with E-state index in [0.29, 0.717) is 28.0 Å². The van der Waals surface area contributed by atoms with E-state index in [1.807, 2.05) is 0 Å². The number of ether oxygens (including phenoxy) is 1. The van der Waals surface area contributed by atoms with Crippen LogP contribution in [0.15, 0.2) is 72.8 Å². The molecule has 4 aromatic carbocycles. The van der Waals surface area contributed by atoms with E-state index < -0.39 is 24.0 Å². The second-order valence-electron chi connectivity index (χ2n) is 9.04. The maximum atomic E-state index is 11.5. The summed E-state index contributed by atoms with van der Waals surface area (Å²) in [5.74, 6) is -0.974. The molecule has 176 valence electrons. The number of benzene rings is 4. The summed E-state index contributed by atoms with van der Waals surface area (Å²) in [5, 5.41) is 62.9. The second kappa shape index (κ2) is 7.58. The first-order chi connectivity index (χ1) is 16.8. The van der Waals surface area contributed by atoms with Crippen LogP contribution in [-0.4, -0.2) is 30.6 Å². The van der Waals surface area contributed by atoms with Crippen molar-refractivity contribution in [2.75, 3.05) is 0 Å². The number of hydrogen-bond donors (Lipinski definition) is 6. The van der Waals surface area contributed by atoms with Crippen LogP contribution in [0.2, 0.25) is 0 Å². The lowest BCUT2D eigenvalue weighted by atomic mass is 9.67. The van der Waals surface area contributed by atoms with Crippen molar-refractivity contribution < 1.29 is 35.4 Å². The highest BCUT2D eigenvalue weighted by molar-refractivity contribution is 5.67. The highest BCUT2D eigenvalue weighted by Gasteiger charge is 2.48. The van der Waals surface area contributed by atoms with Crippen molar-refractivity contribution in [2.45, 2.75) is 24.0 Å². The Bertz CT molecular complexity index is 1440. The monoisotopic (exact) mass is 470 g/mol. The molecule has 0 amide bonds. The van der Waals surface area contributed by atoms with E-state index in [2.05, 4.69) is 0 Å². The highest BCUT2D eigenvalue weighted by atomic mass is 16.5. The Morgan fingerprint density at radius 1 is 0.629 bits per heavy atom. The van der Waals surface area contributed by atoms with Crippen LogP contribution in [0.3, 0.4) is 0 Å². The summed E-state index contributed by atoms with van der Waals surface area (Å²) in [5.41, 5.74) is 3.64. The van der Waals surface area contributed by atoms with Gasteiger partial charge in [0, 0.05) is 29.2 Å². The molecule has 2 aliphatic rings. The van der Waals surface area contributed by atoms with Gasteiger partial charge in [-0.3, -0.25) is 0 Å². The second-order valence-corrected chi connectivity index (χ2v) is 9.04. The molecule has 1 aliphatic heterocycles. The van der Waals surface area contributed by atoms with Gasteiger partial charge >= 0.3 is 0 Å². The molecule has 7 nitrogen and oxygen atoms in total. The van der Waals surface area contributed by atoms with Crippen LogP contribution in [0.25, 0.3) is 0 Å². The molecule has 0 radical (unpaired) electrons. The van der Waals surface area contributed by atoms with Crippen LogP contribution in [0.5, 0.6) is 34.5 Å². The van der Waals surface area contributed by atoms with Gasteiger partial charge in [0.15, 0.2) is 0 Å². The summed E-state index contributed by atoms with van der Waals surface area (Å²) < 4.78 is 6.30. The van der Waals surface area contributed by atoms with Gasteiger partial charge in [0.2, 0.25) is 0 Å². The zero-order valence-electron chi connectivity index (χ0n) is 18.3. The van der Waals surface area contributed by atoms with Crippen molar-refractivity contribution >= 4 is 0 Å². The van der Waals surface area contributed by atoms with Gasteiger partial charge in [0.1, 0.15) is 40.6 Å². The first-order valence-corrected chi connectivity index (χ1v) is 11.2. The summed E-state index contributed by atoms with van der Waals surface area (Å²) in [7, 11) is 0. The zero-order chi connectivity index (χ0) is 24.4. The molecule has 4 unspecified atom stereocenters. The molecule has 6 N–H and O–H groups in total. The Balaban J connectivity index is 1.60. The lowest BCUT2D eigenvalue weighted by molar-refractivity contribution is 0.154. The molecule has 1 heterocycles. The average molecular weight is 470 g/mol. The number of hydrogen-bond acceptors (Lipinski definition) is 7. The van der Waals surface area contributed by atoms with Crippen molar-refractivity contribution in [3.05, 3.63) is 106 Å². The Labute approximate surface area is 200 Å². The number of phenols is 5. The third-order valence-corrected chi connectivity index (χ3v) is 6.95. The van der Waals surface area contributed by atoms with Crippen molar-refractivity contribution in [3.63, 3.8) is 0 Å². The minimum atomic E-state index is -1.13. The molecule has 1 aliphatic carbocycles. The van der Waals surface area contributed by atoms with E-state index in [1.54, 1.807) is 48.5 Å². The number of aliphatic hydroxyl groups is 1. The Hall–Kier alpha value is -4.36. The first-order valence-electron chi connectivity index (χ1n) is 11.2. The van der Waals surface area contributed by atoms with E-state index in [0.717, 1.165) is 11.1 Å². The van der Waals surface area contributed by atoms with Crippen molar-refractivity contribution in [1.82, 2.24) is 0 Å². The van der Waals surface area contributed by atoms with Crippen LogP contribution < -0.4 is 4.74 Å². The van der Waals surface area contributed by atoms with Crippen molar-refractivity contribution in [2.24, 2.45) is 0 Å². The molecule has 0 bridgehead atoms. The number of rotatable bonds is 3. The van der Waals surface area contributed by atoms with Gasteiger partial charge in [-0.05, 0) is 58.7 Å². The minimum Gasteiger partial charge on any atom is -0.508 e. The molecular formula is C28H22O7. The van der Waals surface area contributed by atoms with Crippen LogP contribution >= 0.6 is 0 Å². The fraction of sp³-hybridized carbons (Fsp3) is 0.143. The van der Waals surface area contributed by atoms with Gasteiger partial charge in [0.25, 0.3) is 0 Å². The Morgan fingerprint density at radius 3 is 1.91 bits per heavy atom. The van der Waals surface area contributed by atoms with Gasteiger partial charge < -0.3 is 35.4 Å². The number of phenolic OH excluding ortho intramolecular Hbond substituents is 5. The molecule has 6 rings (SSSR count). The Morgan fingerprint density at radius 2 is 1.23 bits per heavy atom. The quantitative estimate of drug-likeness (QED) is 0.257. The number of fused-ring (bicyclic) bond motifs is 2. The smallest absolute Gasteiger partial charge is 0.135 e. The molecule has 7 heteroatoms. The summed E-state index contributed by atoms with van der Waals surface area (Å²) in [6.45, 7) is 0. The van der Waals surface area contributed by atoms with E-state index >= 15 is 0 Å². The van der Waals surface area contributed by atoms with Crippen molar-refractivity contribution in [3.8, 4) is 34.5 Å². The molecule has 0 saturated carbocycles. The predicted molar refractivity (Wildman–Crippen MR) is 126 cm³/mol. The van der Waals surface area contributed by atoms with Gasteiger partial charge in [-0.15, -0.1) is 0 Å². The molecule has 0 saturated heterocycles. The van der Waals surface area contributed by atoms with Crippen LogP contribution in [0, 0.1) is 0 Å². The fourth-order valence-electron chi connectivity index (χ4n) is 5.51. The molecule has 4 atom stereocenters. The molecule has 0 fully saturated rings. The SMILES string of the molecule is Oc1ccc(C(O)C2c3cc(O)cc4c3C(c3cc(O)cc(O)c32)C(c2ccc(O)cc2)O4)cc1. The van der Waals surface area contributed by atoms with E-state index in [9.17, 15) is 30.6 Å². The van der Waals surface area contributed by atoms with Crippen LogP contribution in [-0.2, 0) is 0 Å². The summed E-state index contributed by atoms with van der Waals surface area (Å²) >= 11 is 0. The lowest BCUT2D eigenvalue weighted by Gasteiger charge is -2.36. The first kappa shape index (κ1) is 21.2. The standard InChI is InChI=1S/C28H22O7/c29-15-5-1-13(2-6-15)27(34)25-20-10-18(32)12-22-24(20)26(19-9-17(31)11-21(33)23(19)25)28(35-22)14-3-7-16(30)8-4-14/h1-12,25-34H. The fourth-order valence-corrected chi connectivity index (χ4v) is 5.51. The average Bonchev–Trinajstić information content (AvgIpc) is 3.20. The largest absolute Gasteiger partial charge is 0.508 e. The zero-order valence-corrected chi connectivity index (χ0v) is 18.3. The van der Waals surface area contributed by atoms with Gasteiger partial charge in [-0.2, -0.15) is 0 Å². The number of aliphatic hydroxyl groups excluding tert-OH is 1. The van der Waals surface area contributed by atoms with E-state index in [4.69, 9.17) is 4.74 Å². The third kappa shape index (κ3) is 3.24. The maximum Gasteiger partial charge on any atom is 0.135 e. The minimum absolute atomic E-state index is 0.0477. The summed E-state index contributed by atoms with van der Waals surface area (Å²) in [6, 6.07) is 18.6. The van der Waals surface area contributed by atoms with Crippen LogP contribution in [0.1, 0.15) is 57.4 Å². The lowest BCUT2D eigenvalue weighted by Crippen LogP contribution is -2.24. The summed E-state index contributed by atoms with van der Waals surface area (Å²) in [4.78, 5) is 0. The van der Waals surface area contributed by atoms with E-state index in [-0.39, 0.29) is 28.7 Å². The van der Waals surface area contributed by atoms with Gasteiger partial charge in [-0.25, -0.2) is 0 Å². The summed E-state index contributed by atoms with van der Waals surface area (Å²) in [6.07, 6.45) is -1.69. The molecule has 0 aromatic heterocycles. The van der Waals surface area contributed by atoms with E-state index in [1.165, 1.54) is 24.3 Å². The molecule has 4 aromatic rings. The maximum absolute atomic E-state index is 11.5.